The zero-order chi connectivity index (χ0) is 28.8. The fourth-order valence-corrected chi connectivity index (χ4v) is 4.94. The Bertz CT molecular complexity index is 1100. The van der Waals surface area contributed by atoms with Crippen molar-refractivity contribution in [3.63, 3.8) is 0 Å². The summed E-state index contributed by atoms with van der Waals surface area (Å²) in [6.45, 7) is 15.9. The first-order valence-electron chi connectivity index (χ1n) is 14.6. The SMILES string of the molecule is C/C=C(\N=Cc1ccc(OCCCOC2=CC3=C(C=CC2)[C@H](CC(=O)O)CC3)c(CCC)c1)C(C)(C)C.CC. The van der Waals surface area contributed by atoms with E-state index in [4.69, 9.17) is 19.6 Å². The van der Waals surface area contributed by atoms with Crippen LogP contribution in [-0.4, -0.2) is 30.5 Å². The molecule has 0 aliphatic heterocycles. The summed E-state index contributed by atoms with van der Waals surface area (Å²) in [6, 6.07) is 6.31. The van der Waals surface area contributed by atoms with Crippen LogP contribution >= 0.6 is 0 Å². The molecule has 0 saturated heterocycles. The molecular formula is C34H49NO4. The molecule has 2 aliphatic rings. The molecule has 5 heteroatoms. The summed E-state index contributed by atoms with van der Waals surface area (Å²) in [4.78, 5) is 15.9. The lowest BCUT2D eigenvalue weighted by atomic mass is 9.92. The highest BCUT2D eigenvalue weighted by atomic mass is 16.5. The van der Waals surface area contributed by atoms with E-state index in [1.165, 1.54) is 16.7 Å². The Kier molecular flexibility index (Phi) is 13.3. The first kappa shape index (κ1) is 32.1. The lowest BCUT2D eigenvalue weighted by Crippen LogP contribution is -2.07. The van der Waals surface area contributed by atoms with Crippen molar-refractivity contribution in [1.29, 1.82) is 0 Å². The van der Waals surface area contributed by atoms with Gasteiger partial charge in [0.1, 0.15) is 5.75 Å². The number of allylic oxidation sites excluding steroid dienone is 7. The molecule has 2 aliphatic carbocycles. The number of ether oxygens (including phenoxy) is 2. The molecule has 1 N–H and O–H groups in total. The van der Waals surface area contributed by atoms with E-state index in [9.17, 15) is 4.79 Å². The second-order valence-corrected chi connectivity index (χ2v) is 10.9. The molecule has 0 saturated carbocycles. The molecule has 3 rings (SSSR count). The Morgan fingerprint density at radius 3 is 2.59 bits per heavy atom. The number of carboxylic acid groups (broad SMARTS) is 1. The van der Waals surface area contributed by atoms with Crippen molar-refractivity contribution in [2.45, 2.75) is 93.4 Å². The quantitative estimate of drug-likeness (QED) is 0.214. The molecule has 1 atom stereocenters. The first-order valence-corrected chi connectivity index (χ1v) is 14.6. The summed E-state index contributed by atoms with van der Waals surface area (Å²) in [6.07, 6.45) is 15.9. The Morgan fingerprint density at radius 2 is 1.92 bits per heavy atom. The third-order valence-corrected chi connectivity index (χ3v) is 6.78. The van der Waals surface area contributed by atoms with Crippen molar-refractivity contribution >= 4 is 12.2 Å². The van der Waals surface area contributed by atoms with Crippen molar-refractivity contribution < 1.29 is 19.4 Å². The monoisotopic (exact) mass is 535 g/mol. The Morgan fingerprint density at radius 1 is 1.18 bits per heavy atom. The van der Waals surface area contributed by atoms with E-state index in [0.29, 0.717) is 13.2 Å². The van der Waals surface area contributed by atoms with Crippen LogP contribution in [0.5, 0.6) is 5.75 Å². The fraction of sp³-hybridized carbons (Fsp3) is 0.529. The average Bonchev–Trinajstić information content (AvgIpc) is 3.13. The number of hydrogen-bond donors (Lipinski definition) is 1. The Hall–Kier alpha value is -3.08. The highest BCUT2D eigenvalue weighted by Gasteiger charge is 2.26. The summed E-state index contributed by atoms with van der Waals surface area (Å²) >= 11 is 0. The van der Waals surface area contributed by atoms with E-state index in [0.717, 1.165) is 61.3 Å². The van der Waals surface area contributed by atoms with E-state index < -0.39 is 5.97 Å². The molecule has 214 valence electrons. The summed E-state index contributed by atoms with van der Waals surface area (Å²) in [5, 5.41) is 9.17. The summed E-state index contributed by atoms with van der Waals surface area (Å²) in [5.74, 6) is 1.27. The third-order valence-electron chi connectivity index (χ3n) is 6.78. The Labute approximate surface area is 236 Å². The molecule has 39 heavy (non-hydrogen) atoms. The average molecular weight is 536 g/mol. The predicted molar refractivity (Wildman–Crippen MR) is 162 cm³/mol. The number of aliphatic imine (C=N–C) groups is 1. The maximum atomic E-state index is 11.2. The number of carboxylic acids is 1. The number of carbonyl (C=O) groups is 1. The minimum absolute atomic E-state index is 0.0187. The lowest BCUT2D eigenvalue weighted by molar-refractivity contribution is -0.137. The van der Waals surface area contributed by atoms with Gasteiger partial charge in [-0.15, -0.1) is 0 Å². The first-order chi connectivity index (χ1) is 18.7. The molecule has 0 unspecified atom stereocenters. The van der Waals surface area contributed by atoms with Crippen molar-refractivity contribution in [3.05, 3.63) is 76.2 Å². The molecule has 5 nitrogen and oxygen atoms in total. The van der Waals surface area contributed by atoms with Gasteiger partial charge in [0.25, 0.3) is 0 Å². The van der Waals surface area contributed by atoms with Crippen LogP contribution in [0.4, 0.5) is 0 Å². The largest absolute Gasteiger partial charge is 0.497 e. The van der Waals surface area contributed by atoms with Gasteiger partial charge < -0.3 is 14.6 Å². The molecule has 0 radical (unpaired) electrons. The zero-order valence-electron chi connectivity index (χ0n) is 25.2. The molecule has 0 fully saturated rings. The molecule has 0 amide bonds. The highest BCUT2D eigenvalue weighted by Crippen LogP contribution is 2.38. The van der Waals surface area contributed by atoms with Gasteiger partial charge in [-0.3, -0.25) is 9.79 Å². The minimum Gasteiger partial charge on any atom is -0.497 e. The van der Waals surface area contributed by atoms with E-state index in [-0.39, 0.29) is 17.8 Å². The standard InChI is InChI=1S/C32H43NO4.C2H6/c1-6-10-26-19-23(22-33-30(7-2)32(3,4)5)13-16-29(26)37-18-9-17-36-27-11-8-12-28-24(20-27)14-15-25(28)21-31(34)35;1-2/h7-8,12-13,16,19-20,22,25H,6,9-11,14-15,17-18,21H2,1-5H3,(H,34,35);1-2H3/b30-7-,33-22?;/t25-;/m0./s1. The van der Waals surface area contributed by atoms with Gasteiger partial charge in [-0.2, -0.15) is 0 Å². The van der Waals surface area contributed by atoms with Crippen LogP contribution in [0, 0.1) is 11.3 Å². The summed E-state index contributed by atoms with van der Waals surface area (Å²) < 4.78 is 12.2. The van der Waals surface area contributed by atoms with Gasteiger partial charge in [0.2, 0.25) is 0 Å². The number of hydrogen-bond acceptors (Lipinski definition) is 4. The van der Waals surface area contributed by atoms with Crippen LogP contribution in [0.15, 0.2) is 70.1 Å². The van der Waals surface area contributed by atoms with Gasteiger partial charge in [-0.25, -0.2) is 0 Å². The summed E-state index contributed by atoms with van der Waals surface area (Å²) in [5.41, 5.74) is 5.78. The molecular weight excluding hydrogens is 486 g/mol. The fourth-order valence-electron chi connectivity index (χ4n) is 4.94. The lowest BCUT2D eigenvalue weighted by Gasteiger charge is -2.18. The maximum absolute atomic E-state index is 11.2. The van der Waals surface area contributed by atoms with Crippen molar-refractivity contribution in [2.75, 3.05) is 13.2 Å². The van der Waals surface area contributed by atoms with Gasteiger partial charge in [0.15, 0.2) is 0 Å². The maximum Gasteiger partial charge on any atom is 0.303 e. The van der Waals surface area contributed by atoms with Gasteiger partial charge in [-0.1, -0.05) is 66.2 Å². The van der Waals surface area contributed by atoms with Crippen molar-refractivity contribution in [1.82, 2.24) is 0 Å². The highest BCUT2D eigenvalue weighted by molar-refractivity contribution is 5.81. The molecule has 0 bridgehead atoms. The van der Waals surface area contributed by atoms with Crippen LogP contribution in [0.2, 0.25) is 0 Å². The molecule has 0 heterocycles. The van der Waals surface area contributed by atoms with Crippen LogP contribution in [0.1, 0.15) is 98.1 Å². The number of aliphatic carboxylic acids is 1. The van der Waals surface area contributed by atoms with Crippen LogP contribution in [0.3, 0.4) is 0 Å². The Balaban J connectivity index is 0.00000260. The number of nitrogens with zero attached hydrogens (tertiary/aromatic N) is 1. The van der Waals surface area contributed by atoms with Crippen molar-refractivity contribution in [2.24, 2.45) is 16.3 Å². The smallest absolute Gasteiger partial charge is 0.303 e. The van der Waals surface area contributed by atoms with E-state index in [1.54, 1.807) is 0 Å². The van der Waals surface area contributed by atoms with Gasteiger partial charge >= 0.3 is 5.97 Å². The number of aryl methyl sites for hydroxylation is 1. The minimum atomic E-state index is -0.731. The van der Waals surface area contributed by atoms with Gasteiger partial charge in [-0.05, 0) is 78.7 Å². The number of benzene rings is 1. The van der Waals surface area contributed by atoms with Gasteiger partial charge in [0, 0.05) is 30.2 Å². The van der Waals surface area contributed by atoms with Crippen molar-refractivity contribution in [3.8, 4) is 5.75 Å². The van der Waals surface area contributed by atoms with E-state index >= 15 is 0 Å². The molecule has 1 aromatic carbocycles. The van der Waals surface area contributed by atoms with Crippen LogP contribution in [0.25, 0.3) is 0 Å². The van der Waals surface area contributed by atoms with Crippen LogP contribution < -0.4 is 4.74 Å². The molecule has 0 aromatic heterocycles. The second kappa shape index (κ2) is 16.1. The zero-order valence-corrected chi connectivity index (χ0v) is 25.2. The molecule has 1 aromatic rings. The second-order valence-electron chi connectivity index (χ2n) is 10.9. The molecule has 0 spiro atoms. The number of rotatable bonds is 12. The third kappa shape index (κ3) is 10.2. The topological polar surface area (TPSA) is 68.1 Å². The van der Waals surface area contributed by atoms with Crippen LogP contribution in [-0.2, 0) is 16.0 Å². The predicted octanol–water partition coefficient (Wildman–Crippen LogP) is 8.84. The normalized spacial score (nSPS) is 17.4. The van der Waals surface area contributed by atoms with Gasteiger partial charge in [0.05, 0.1) is 25.4 Å². The van der Waals surface area contributed by atoms with E-state index in [1.807, 2.05) is 27.0 Å². The van der Waals surface area contributed by atoms with E-state index in [2.05, 4.69) is 70.2 Å². The summed E-state index contributed by atoms with van der Waals surface area (Å²) in [7, 11) is 0.